The van der Waals surface area contributed by atoms with E-state index >= 15 is 0 Å². The highest BCUT2D eigenvalue weighted by atomic mass is 32.1. The molecule has 0 spiro atoms. The zero-order chi connectivity index (χ0) is 8.55. The van der Waals surface area contributed by atoms with Gasteiger partial charge in [-0.15, -0.1) is 12.6 Å². The Kier molecular flexibility index (Phi) is 1.98. The van der Waals surface area contributed by atoms with Crippen molar-refractivity contribution in [3.63, 3.8) is 0 Å². The number of hydrogen-bond acceptors (Lipinski definition) is 3. The zero-order valence-electron chi connectivity index (χ0n) is 6.87. The number of benzene rings is 1. The number of nitrogens with one attached hydrogen (secondary N) is 1. The molecule has 1 heterocycles. The van der Waals surface area contributed by atoms with Crippen LogP contribution < -0.4 is 10.1 Å². The van der Waals surface area contributed by atoms with Crippen LogP contribution in [0.25, 0.3) is 0 Å². The molecular formula is C9H11NOS. The summed E-state index contributed by atoms with van der Waals surface area (Å²) in [5.74, 6) is 0.960. The molecule has 0 bridgehead atoms. The van der Waals surface area contributed by atoms with Crippen LogP contribution in [0.15, 0.2) is 23.1 Å². The summed E-state index contributed by atoms with van der Waals surface area (Å²) in [5.41, 5.74) is 1.23. The standard InChI is InChI=1S/C9H11NOS/c1-10-8-5-11-9-4-6(12)2-3-7(8)9/h2-4,8,10,12H,5H2,1H3. The highest BCUT2D eigenvalue weighted by molar-refractivity contribution is 7.80. The maximum absolute atomic E-state index is 5.47. The molecule has 1 aliphatic heterocycles. The SMILES string of the molecule is CNC1COc2cc(S)ccc21. The predicted molar refractivity (Wildman–Crippen MR) is 51.0 cm³/mol. The molecule has 1 N–H and O–H groups in total. The average molecular weight is 181 g/mol. The number of ether oxygens (including phenoxy) is 1. The maximum atomic E-state index is 5.47. The van der Waals surface area contributed by atoms with E-state index in [2.05, 4.69) is 24.0 Å². The van der Waals surface area contributed by atoms with E-state index in [0.29, 0.717) is 6.04 Å². The summed E-state index contributed by atoms with van der Waals surface area (Å²) in [6, 6.07) is 6.34. The lowest BCUT2D eigenvalue weighted by atomic mass is 10.1. The molecule has 12 heavy (non-hydrogen) atoms. The number of fused-ring (bicyclic) bond motifs is 1. The molecule has 1 aromatic rings. The fourth-order valence-corrected chi connectivity index (χ4v) is 1.63. The summed E-state index contributed by atoms with van der Waals surface area (Å²) >= 11 is 4.24. The molecule has 3 heteroatoms. The molecule has 1 aliphatic rings. The minimum absolute atomic E-state index is 0.342. The minimum atomic E-state index is 0.342. The Bertz CT molecular complexity index is 301. The van der Waals surface area contributed by atoms with Crippen LogP contribution >= 0.6 is 12.6 Å². The first-order chi connectivity index (χ1) is 5.81. The molecule has 0 radical (unpaired) electrons. The molecule has 0 aromatic heterocycles. The third-order valence-electron chi connectivity index (χ3n) is 2.13. The monoisotopic (exact) mass is 181 g/mol. The lowest BCUT2D eigenvalue weighted by Crippen LogP contribution is -2.16. The maximum Gasteiger partial charge on any atom is 0.125 e. The summed E-state index contributed by atoms with van der Waals surface area (Å²) in [6.45, 7) is 0.725. The van der Waals surface area contributed by atoms with Crippen molar-refractivity contribution in [1.82, 2.24) is 5.32 Å². The number of hydrogen-bond donors (Lipinski definition) is 2. The van der Waals surface area contributed by atoms with Gasteiger partial charge in [-0.3, -0.25) is 0 Å². The third-order valence-corrected chi connectivity index (χ3v) is 2.40. The van der Waals surface area contributed by atoms with Crippen LogP contribution in [0.5, 0.6) is 5.75 Å². The summed E-state index contributed by atoms with van der Waals surface area (Å²) in [4.78, 5) is 0.950. The fraction of sp³-hybridized carbons (Fsp3) is 0.333. The highest BCUT2D eigenvalue weighted by Gasteiger charge is 2.21. The molecule has 2 nitrogen and oxygen atoms in total. The van der Waals surface area contributed by atoms with E-state index in [-0.39, 0.29) is 0 Å². The van der Waals surface area contributed by atoms with Gasteiger partial charge < -0.3 is 10.1 Å². The molecule has 0 fully saturated rings. The Hall–Kier alpha value is -0.670. The molecule has 0 saturated carbocycles. The van der Waals surface area contributed by atoms with Gasteiger partial charge in [-0.2, -0.15) is 0 Å². The van der Waals surface area contributed by atoms with Crippen molar-refractivity contribution in [2.24, 2.45) is 0 Å². The van der Waals surface area contributed by atoms with Crippen LogP contribution in [0.3, 0.4) is 0 Å². The molecule has 1 unspecified atom stereocenters. The molecular weight excluding hydrogens is 170 g/mol. The van der Waals surface area contributed by atoms with Crippen molar-refractivity contribution in [3.05, 3.63) is 23.8 Å². The molecule has 64 valence electrons. The predicted octanol–water partition coefficient (Wildman–Crippen LogP) is 1.63. The van der Waals surface area contributed by atoms with Crippen molar-refractivity contribution in [1.29, 1.82) is 0 Å². The summed E-state index contributed by atoms with van der Waals surface area (Å²) < 4.78 is 5.47. The van der Waals surface area contributed by atoms with Crippen LogP contribution in [0.4, 0.5) is 0 Å². The van der Waals surface area contributed by atoms with Gasteiger partial charge in [-0.05, 0) is 19.2 Å². The smallest absolute Gasteiger partial charge is 0.125 e. The largest absolute Gasteiger partial charge is 0.491 e. The highest BCUT2D eigenvalue weighted by Crippen LogP contribution is 2.33. The van der Waals surface area contributed by atoms with E-state index < -0.39 is 0 Å². The summed E-state index contributed by atoms with van der Waals surface area (Å²) in [5, 5.41) is 3.19. The number of likely N-dealkylation sites (N-methyl/N-ethyl adjacent to an activating group) is 1. The second-order valence-corrected chi connectivity index (χ2v) is 3.39. The Labute approximate surface area is 77.3 Å². The van der Waals surface area contributed by atoms with E-state index in [1.807, 2.05) is 19.2 Å². The first-order valence-electron chi connectivity index (χ1n) is 3.94. The van der Waals surface area contributed by atoms with Crippen molar-refractivity contribution in [3.8, 4) is 5.75 Å². The van der Waals surface area contributed by atoms with E-state index in [4.69, 9.17) is 4.74 Å². The second kappa shape index (κ2) is 2.99. The normalized spacial score (nSPS) is 20.3. The molecule has 0 saturated heterocycles. The van der Waals surface area contributed by atoms with Crippen LogP contribution in [0.1, 0.15) is 11.6 Å². The quantitative estimate of drug-likeness (QED) is 0.642. The zero-order valence-corrected chi connectivity index (χ0v) is 7.77. The van der Waals surface area contributed by atoms with Crippen LogP contribution in [-0.4, -0.2) is 13.7 Å². The topological polar surface area (TPSA) is 21.3 Å². The third kappa shape index (κ3) is 1.19. The van der Waals surface area contributed by atoms with Crippen molar-refractivity contribution >= 4 is 12.6 Å². The second-order valence-electron chi connectivity index (χ2n) is 2.87. The van der Waals surface area contributed by atoms with Crippen LogP contribution in [0, 0.1) is 0 Å². The first-order valence-corrected chi connectivity index (χ1v) is 4.39. The van der Waals surface area contributed by atoms with Crippen molar-refractivity contribution in [2.75, 3.05) is 13.7 Å². The van der Waals surface area contributed by atoms with Gasteiger partial charge in [0.05, 0.1) is 6.04 Å². The van der Waals surface area contributed by atoms with Crippen molar-refractivity contribution in [2.45, 2.75) is 10.9 Å². The van der Waals surface area contributed by atoms with Crippen LogP contribution in [0.2, 0.25) is 0 Å². The van der Waals surface area contributed by atoms with E-state index in [1.165, 1.54) is 5.56 Å². The average Bonchev–Trinajstić information content (AvgIpc) is 2.46. The van der Waals surface area contributed by atoms with Gasteiger partial charge in [-0.1, -0.05) is 6.07 Å². The van der Waals surface area contributed by atoms with Gasteiger partial charge in [-0.25, -0.2) is 0 Å². The summed E-state index contributed by atoms with van der Waals surface area (Å²) in [6.07, 6.45) is 0. The van der Waals surface area contributed by atoms with Gasteiger partial charge in [0.25, 0.3) is 0 Å². The number of thiol groups is 1. The van der Waals surface area contributed by atoms with Gasteiger partial charge in [0.15, 0.2) is 0 Å². The van der Waals surface area contributed by atoms with Gasteiger partial charge in [0.1, 0.15) is 12.4 Å². The molecule has 1 aromatic carbocycles. The Morgan fingerprint density at radius 3 is 3.17 bits per heavy atom. The number of rotatable bonds is 1. The lowest BCUT2D eigenvalue weighted by Gasteiger charge is -2.05. The molecule has 0 amide bonds. The summed E-state index contributed by atoms with van der Waals surface area (Å²) in [7, 11) is 1.94. The Morgan fingerprint density at radius 2 is 2.42 bits per heavy atom. The van der Waals surface area contributed by atoms with E-state index in [1.54, 1.807) is 0 Å². The van der Waals surface area contributed by atoms with Crippen LogP contribution in [-0.2, 0) is 0 Å². The lowest BCUT2D eigenvalue weighted by molar-refractivity contribution is 0.318. The Morgan fingerprint density at radius 1 is 1.58 bits per heavy atom. The fourth-order valence-electron chi connectivity index (χ4n) is 1.44. The first kappa shape index (κ1) is 7.95. The van der Waals surface area contributed by atoms with Gasteiger partial charge in [0, 0.05) is 10.5 Å². The molecule has 0 aliphatic carbocycles. The van der Waals surface area contributed by atoms with Gasteiger partial charge >= 0.3 is 0 Å². The molecule has 2 rings (SSSR count). The van der Waals surface area contributed by atoms with E-state index in [0.717, 1.165) is 17.3 Å². The Balaban J connectivity index is 2.40. The molecule has 1 atom stereocenters. The minimum Gasteiger partial charge on any atom is -0.491 e. The van der Waals surface area contributed by atoms with Gasteiger partial charge in [0.2, 0.25) is 0 Å². The van der Waals surface area contributed by atoms with E-state index in [9.17, 15) is 0 Å². The van der Waals surface area contributed by atoms with Crippen molar-refractivity contribution < 1.29 is 4.74 Å².